The van der Waals surface area contributed by atoms with Crippen molar-refractivity contribution in [3.05, 3.63) is 101 Å². The van der Waals surface area contributed by atoms with E-state index in [1.807, 2.05) is 17.4 Å². The van der Waals surface area contributed by atoms with Gasteiger partial charge in [-0.25, -0.2) is 28.3 Å². The standard InChI is InChI=1S/C58H65F10N9O10/c1-55(2,57(63,64)65)42(20-49(79)86-39-28-84-29-39)51(80)73-75(24-41-43(59)18-35(19-44(41)60)45-15-16-76(72-45)53(61)62)25-47(78)46(70-52(81)50(56(3,4)58(66,67)68)71-54(82)87-40-30-85-31-40)17-33-8-5-32(6-9-33)7-10-34-11-14-48(69-21-34)74-22-36-12-13-37(23-74)77(36)38-26-83-27-38/h5-6,8-9,11,14-16,18-19,21,36-40,42,46-47,50,53,78H,12-13,17,20,22-31H2,1-4H3,(H,70,81)(H,71,82)(H,73,80)/t36?,37?,42-,46+,47+,50-/m1/s1. The number of hydrazine groups is 1. The molecule has 2 aromatic carbocycles. The topological polar surface area (TPSA) is 211 Å². The maximum atomic E-state index is 16.2. The van der Waals surface area contributed by atoms with Crippen LogP contribution in [0.3, 0.4) is 0 Å². The molecule has 2 bridgehead atoms. The summed E-state index contributed by atoms with van der Waals surface area (Å²) in [6.07, 6.45) is -12.7. The van der Waals surface area contributed by atoms with Crippen LogP contribution >= 0.6 is 0 Å². The molecular formula is C58H65F10N9O10. The minimum Gasteiger partial charge on any atom is -0.457 e. The predicted octanol–water partition coefficient (Wildman–Crippen LogP) is 6.61. The Bertz CT molecular complexity index is 3130. The highest BCUT2D eigenvalue weighted by Crippen LogP contribution is 2.46. The molecule has 4 N–H and O–H groups in total. The summed E-state index contributed by atoms with van der Waals surface area (Å²) in [5.41, 5.74) is -4.23. The number of esters is 1. The molecule has 6 atom stereocenters. The van der Waals surface area contributed by atoms with Crippen molar-refractivity contribution in [3.63, 3.8) is 0 Å². The van der Waals surface area contributed by atoms with Crippen LogP contribution in [-0.2, 0) is 51.0 Å². The minimum atomic E-state index is -5.20. The van der Waals surface area contributed by atoms with E-state index in [4.69, 9.17) is 23.7 Å². The number of alkyl carbamates (subject to hydrolysis) is 1. The lowest BCUT2D eigenvalue weighted by atomic mass is 9.75. The number of nitrogens with zero attached hydrogens (tertiary/aromatic N) is 6. The molecule has 0 radical (unpaired) electrons. The summed E-state index contributed by atoms with van der Waals surface area (Å²) in [7, 11) is 0. The summed E-state index contributed by atoms with van der Waals surface area (Å²) in [4.78, 5) is 64.4. The number of pyridine rings is 1. The number of amides is 3. The Hall–Kier alpha value is -7.10. The number of hydrogen-bond donors (Lipinski definition) is 4. The first-order chi connectivity index (χ1) is 41.0. The number of aliphatic hydroxyl groups excluding tert-OH is 1. The zero-order chi connectivity index (χ0) is 62.8. The molecule has 7 heterocycles. The monoisotopic (exact) mass is 1240 g/mol. The van der Waals surface area contributed by atoms with E-state index in [0.717, 1.165) is 57.2 Å². The van der Waals surface area contributed by atoms with Crippen LogP contribution in [0.4, 0.5) is 54.5 Å². The SMILES string of the molecule is CC(C)([C@H](CC(=O)OC1COC1)C(=O)NN(Cc1c(F)cc(-c2ccn(C(F)F)n2)cc1F)C[C@H](O)[C@H](Cc1ccc(C#Cc2ccc(N3CC4CCC(C3)N4C3COC3)nc2)cc1)NC(=O)[C@@H](NC(=O)OC1COC1)C(C)(C)C(F)(F)F)C(F)(F)F. The largest absolute Gasteiger partial charge is 0.457 e. The lowest BCUT2D eigenvalue weighted by Gasteiger charge is -2.47. The second kappa shape index (κ2) is 26.3. The Morgan fingerprint density at radius 2 is 1.34 bits per heavy atom. The van der Waals surface area contributed by atoms with Crippen molar-refractivity contribution >= 4 is 29.7 Å². The molecule has 4 aromatic rings. The van der Waals surface area contributed by atoms with Crippen LogP contribution in [0.1, 0.15) is 75.8 Å². The van der Waals surface area contributed by atoms with E-state index in [2.05, 4.69) is 42.5 Å². The van der Waals surface area contributed by atoms with Crippen molar-refractivity contribution in [3.8, 4) is 23.1 Å². The van der Waals surface area contributed by atoms with Crippen molar-refractivity contribution in [1.82, 2.24) is 40.7 Å². The third kappa shape index (κ3) is 15.1. The third-order valence-corrected chi connectivity index (χ3v) is 16.5. The van der Waals surface area contributed by atoms with Crippen LogP contribution in [0.5, 0.6) is 0 Å². The molecule has 5 fully saturated rings. The number of aliphatic hydroxyl groups is 1. The first-order valence-electron chi connectivity index (χ1n) is 28.0. The number of carbonyl (C=O) groups is 4. The van der Waals surface area contributed by atoms with Crippen molar-refractivity contribution in [2.75, 3.05) is 64.2 Å². The van der Waals surface area contributed by atoms with Gasteiger partial charge in [-0.2, -0.15) is 40.2 Å². The maximum Gasteiger partial charge on any atom is 0.408 e. The molecule has 0 saturated carbocycles. The number of rotatable bonds is 22. The molecule has 5 aliphatic rings. The van der Waals surface area contributed by atoms with Crippen LogP contribution < -0.4 is 21.0 Å². The zero-order valence-corrected chi connectivity index (χ0v) is 47.6. The first kappa shape index (κ1) is 64.4. The van der Waals surface area contributed by atoms with E-state index < -0.39 is 133 Å². The highest BCUT2D eigenvalue weighted by atomic mass is 19.4. The summed E-state index contributed by atoms with van der Waals surface area (Å²) in [6.45, 7) is -0.0845. The van der Waals surface area contributed by atoms with Gasteiger partial charge in [0.05, 0.1) is 86.7 Å². The fraction of sp³-hybridized carbons (Fsp3) is 0.552. The quantitative estimate of drug-likeness (QED) is 0.0282. The number of alkyl halides is 8. The first-order valence-corrected chi connectivity index (χ1v) is 28.0. The molecule has 9 rings (SSSR count). The van der Waals surface area contributed by atoms with Crippen LogP contribution in [0.15, 0.2) is 67.0 Å². The van der Waals surface area contributed by atoms with Gasteiger partial charge >= 0.3 is 31.0 Å². The van der Waals surface area contributed by atoms with Crippen molar-refractivity contribution in [1.29, 1.82) is 0 Å². The van der Waals surface area contributed by atoms with Gasteiger partial charge in [0.25, 0.3) is 0 Å². The number of carbonyl (C=O) groups excluding carboxylic acids is 4. The Morgan fingerprint density at radius 3 is 1.87 bits per heavy atom. The number of benzene rings is 2. The van der Waals surface area contributed by atoms with Gasteiger partial charge in [-0.1, -0.05) is 37.8 Å². The fourth-order valence-corrected chi connectivity index (χ4v) is 10.7. The van der Waals surface area contributed by atoms with Gasteiger partial charge in [0.15, 0.2) is 6.10 Å². The Balaban J connectivity index is 1.00. The van der Waals surface area contributed by atoms with Gasteiger partial charge in [0, 0.05) is 72.9 Å². The summed E-state index contributed by atoms with van der Waals surface area (Å²) in [5.74, 6) is -2.65. The molecule has 5 saturated heterocycles. The Kier molecular flexibility index (Phi) is 19.5. The van der Waals surface area contributed by atoms with Gasteiger partial charge in [0.2, 0.25) is 11.8 Å². The zero-order valence-electron chi connectivity index (χ0n) is 47.6. The second-order valence-electron chi connectivity index (χ2n) is 23.4. The number of fused-ring (bicyclic) bond motifs is 2. The van der Waals surface area contributed by atoms with Crippen molar-refractivity contribution in [2.24, 2.45) is 16.7 Å². The normalized spacial score (nSPS) is 20.1. The lowest BCUT2D eigenvalue weighted by molar-refractivity contribution is -0.232. The highest BCUT2D eigenvalue weighted by molar-refractivity contribution is 5.87. The van der Waals surface area contributed by atoms with E-state index in [0.29, 0.717) is 74.1 Å². The van der Waals surface area contributed by atoms with Gasteiger partial charge in [-0.3, -0.25) is 24.7 Å². The van der Waals surface area contributed by atoms with E-state index in [9.17, 15) is 59.4 Å². The van der Waals surface area contributed by atoms with Crippen LogP contribution in [-0.4, -0.2) is 174 Å². The third-order valence-electron chi connectivity index (χ3n) is 16.5. The Labute approximate surface area is 493 Å². The highest BCUT2D eigenvalue weighted by Gasteiger charge is 2.57. The minimum absolute atomic E-state index is 0.0783. The van der Waals surface area contributed by atoms with Crippen molar-refractivity contribution in [2.45, 2.75) is 127 Å². The van der Waals surface area contributed by atoms with Crippen LogP contribution in [0, 0.1) is 40.2 Å². The summed E-state index contributed by atoms with van der Waals surface area (Å²) in [5, 5.41) is 20.7. The molecule has 3 amide bonds. The molecule has 0 spiro atoms. The number of halogens is 10. The maximum absolute atomic E-state index is 16.2. The van der Waals surface area contributed by atoms with E-state index in [-0.39, 0.29) is 47.9 Å². The van der Waals surface area contributed by atoms with Gasteiger partial charge < -0.3 is 44.3 Å². The summed E-state index contributed by atoms with van der Waals surface area (Å²) >= 11 is 0. The number of aromatic nitrogens is 3. The summed E-state index contributed by atoms with van der Waals surface area (Å²) < 4.78 is 174. The number of piperazine rings is 1. The fourth-order valence-electron chi connectivity index (χ4n) is 10.7. The summed E-state index contributed by atoms with van der Waals surface area (Å²) in [6, 6.07) is 9.25. The molecule has 19 nitrogen and oxygen atoms in total. The average molecular weight is 1240 g/mol. The van der Waals surface area contributed by atoms with Gasteiger partial charge in [0.1, 0.15) is 29.6 Å². The molecule has 87 heavy (non-hydrogen) atoms. The van der Waals surface area contributed by atoms with E-state index in [1.165, 1.54) is 12.1 Å². The molecule has 5 aliphatic heterocycles. The molecule has 29 heteroatoms. The van der Waals surface area contributed by atoms with Crippen LogP contribution in [0.2, 0.25) is 0 Å². The van der Waals surface area contributed by atoms with Crippen LogP contribution in [0.25, 0.3) is 11.3 Å². The molecular weight excluding hydrogens is 1170 g/mol. The molecule has 0 aliphatic carbocycles. The molecule has 2 unspecified atom stereocenters. The van der Waals surface area contributed by atoms with Gasteiger partial charge in [-0.05, 0) is 81.1 Å². The molecule has 472 valence electrons. The number of ether oxygens (including phenoxy) is 5. The lowest BCUT2D eigenvalue weighted by Crippen LogP contribution is -2.63. The van der Waals surface area contributed by atoms with E-state index in [1.54, 1.807) is 18.3 Å². The average Bonchev–Trinajstić information content (AvgIpc) is 2.14. The number of hydrogen-bond acceptors (Lipinski definition) is 15. The predicted molar refractivity (Wildman–Crippen MR) is 288 cm³/mol. The number of nitrogens with one attached hydrogen (secondary N) is 3. The van der Waals surface area contributed by atoms with E-state index >= 15 is 8.78 Å². The smallest absolute Gasteiger partial charge is 0.408 e. The van der Waals surface area contributed by atoms with Gasteiger partial charge in [-0.15, -0.1) is 0 Å². The van der Waals surface area contributed by atoms with Crippen molar-refractivity contribution < 1.29 is 91.9 Å². The Morgan fingerprint density at radius 1 is 0.759 bits per heavy atom. The second-order valence-corrected chi connectivity index (χ2v) is 23.4. The number of anilines is 1. The molecule has 2 aromatic heterocycles.